The zero-order chi connectivity index (χ0) is 43.8. The maximum Gasteiger partial charge on any atom is 0.0709 e. The molecule has 0 amide bonds. The van der Waals surface area contributed by atoms with Gasteiger partial charge in [-0.2, -0.15) is 0 Å². The van der Waals surface area contributed by atoms with Crippen LogP contribution >= 0.6 is 0 Å². The normalized spacial score (nSPS) is 11.3. The zero-order valence-corrected chi connectivity index (χ0v) is 36.3. The summed E-state index contributed by atoms with van der Waals surface area (Å²) in [5.41, 5.74) is 19.8. The predicted octanol–water partition coefficient (Wildman–Crippen LogP) is 17.9. The number of hydrogen-bond acceptors (Lipinski definition) is 1. The summed E-state index contributed by atoms with van der Waals surface area (Å²) in [5.74, 6) is 0. The van der Waals surface area contributed by atoms with Crippen LogP contribution in [0.3, 0.4) is 0 Å². The van der Waals surface area contributed by atoms with Crippen LogP contribution in [-0.2, 0) is 0 Å². The molecule has 0 aliphatic heterocycles. The Bertz CT molecular complexity index is 3650. The van der Waals surface area contributed by atoms with Gasteiger partial charge in [0.1, 0.15) is 0 Å². The molecule has 0 bridgehead atoms. The van der Waals surface area contributed by atoms with Crippen LogP contribution in [0.1, 0.15) is 0 Å². The summed E-state index contributed by atoms with van der Waals surface area (Å²) in [6.07, 6.45) is 0. The van der Waals surface area contributed by atoms with E-state index in [1.54, 1.807) is 0 Å². The Hall–Kier alpha value is -8.65. The van der Waals surface area contributed by atoms with Crippen LogP contribution in [0.15, 0.2) is 261 Å². The minimum atomic E-state index is 0.974. The van der Waals surface area contributed by atoms with Gasteiger partial charge >= 0.3 is 0 Å². The first kappa shape index (κ1) is 39.0. The van der Waals surface area contributed by atoms with Gasteiger partial charge in [-0.05, 0) is 124 Å². The summed E-state index contributed by atoms with van der Waals surface area (Å²) in [5, 5.41) is 6.04. The number of rotatable bonds is 8. The van der Waals surface area contributed by atoms with E-state index in [0.29, 0.717) is 0 Å². The van der Waals surface area contributed by atoms with E-state index in [0.717, 1.165) is 27.7 Å². The summed E-state index contributed by atoms with van der Waals surface area (Å²) in [7, 11) is 0. The molecule has 0 aliphatic rings. The molecule has 0 saturated carbocycles. The quantitative estimate of drug-likeness (QED) is 0.139. The summed E-state index contributed by atoms with van der Waals surface area (Å²) < 4.78 is 0. The van der Waals surface area contributed by atoms with Crippen molar-refractivity contribution in [2.45, 2.75) is 0 Å². The molecule has 1 heterocycles. The molecule has 1 nitrogen and oxygen atoms in total. The second kappa shape index (κ2) is 16.8. The van der Waals surface area contributed by atoms with E-state index >= 15 is 0 Å². The van der Waals surface area contributed by atoms with E-state index < -0.39 is 0 Å². The number of aromatic nitrogens is 1. The Balaban J connectivity index is 1.09. The highest BCUT2D eigenvalue weighted by molar-refractivity contribution is 6.21. The largest absolute Gasteiger partial charge is 0.248 e. The monoisotopic (exact) mass is 837 g/mol. The lowest BCUT2D eigenvalue weighted by molar-refractivity contribution is 1.40. The van der Waals surface area contributed by atoms with Gasteiger partial charge in [0.2, 0.25) is 0 Å². The number of pyridine rings is 1. The highest BCUT2D eigenvalue weighted by atomic mass is 14.7. The van der Waals surface area contributed by atoms with Gasteiger partial charge in [-0.3, -0.25) is 0 Å². The molecule has 0 fully saturated rings. The van der Waals surface area contributed by atoms with Gasteiger partial charge in [-0.15, -0.1) is 0 Å². The standard InChI is InChI=1S/C65H43N/c1-5-20-44(21-6-1)57-43-58(64(48-25-9-3-10-26-48)65(49-27-11-4-12-28-49)63(57)47-23-7-2-8-24-47)51-29-19-30-52(42-51)62-55-33-16-14-31-53(55)61(54-32-15-17-34-56(54)62)50-38-36-46(37-39-50)60-41-40-45-22-13-18-35-59(45)66-60/h1-43H. The molecule has 0 radical (unpaired) electrons. The van der Waals surface area contributed by atoms with E-state index in [4.69, 9.17) is 4.98 Å². The van der Waals surface area contributed by atoms with Crippen molar-refractivity contribution >= 4 is 32.4 Å². The molecule has 66 heavy (non-hydrogen) atoms. The Morgan fingerprint density at radius 1 is 0.212 bits per heavy atom. The number of benzene rings is 11. The van der Waals surface area contributed by atoms with Crippen molar-refractivity contribution < 1.29 is 0 Å². The Labute approximate surface area is 385 Å². The van der Waals surface area contributed by atoms with E-state index in [1.807, 2.05) is 6.07 Å². The number of nitrogens with zero attached hydrogens (tertiary/aromatic N) is 1. The molecule has 0 atom stereocenters. The maximum absolute atomic E-state index is 5.00. The van der Waals surface area contributed by atoms with Crippen molar-refractivity contribution in [3.8, 4) is 89.1 Å². The molecular formula is C65H43N. The fourth-order valence-corrected chi connectivity index (χ4v) is 10.1. The van der Waals surface area contributed by atoms with Crippen LogP contribution in [0.4, 0.5) is 0 Å². The molecule has 308 valence electrons. The molecule has 0 spiro atoms. The first-order valence-electron chi connectivity index (χ1n) is 22.7. The van der Waals surface area contributed by atoms with Gasteiger partial charge in [-0.1, -0.05) is 237 Å². The third-order valence-electron chi connectivity index (χ3n) is 13.1. The van der Waals surface area contributed by atoms with Crippen molar-refractivity contribution in [1.29, 1.82) is 0 Å². The molecule has 1 aromatic heterocycles. The summed E-state index contributed by atoms with van der Waals surface area (Å²) in [6, 6.07) is 94.8. The third-order valence-corrected chi connectivity index (χ3v) is 13.1. The second-order valence-electron chi connectivity index (χ2n) is 16.9. The lowest BCUT2D eigenvalue weighted by Gasteiger charge is -2.25. The van der Waals surface area contributed by atoms with Crippen molar-refractivity contribution in [1.82, 2.24) is 4.98 Å². The molecule has 12 aromatic rings. The predicted molar refractivity (Wildman–Crippen MR) is 280 cm³/mol. The first-order valence-corrected chi connectivity index (χ1v) is 22.7. The van der Waals surface area contributed by atoms with Crippen LogP contribution < -0.4 is 0 Å². The molecule has 11 aromatic carbocycles. The average molecular weight is 838 g/mol. The van der Waals surface area contributed by atoms with Gasteiger partial charge in [-0.25, -0.2) is 4.98 Å². The van der Waals surface area contributed by atoms with Gasteiger partial charge in [0.15, 0.2) is 0 Å². The molecule has 12 rings (SSSR count). The van der Waals surface area contributed by atoms with Crippen LogP contribution in [-0.4, -0.2) is 4.98 Å². The lowest BCUT2D eigenvalue weighted by atomic mass is 9.78. The number of hydrogen-bond donors (Lipinski definition) is 0. The van der Waals surface area contributed by atoms with E-state index in [2.05, 4.69) is 255 Å². The van der Waals surface area contributed by atoms with Crippen molar-refractivity contribution in [3.63, 3.8) is 0 Å². The van der Waals surface area contributed by atoms with Crippen LogP contribution in [0.2, 0.25) is 0 Å². The van der Waals surface area contributed by atoms with Crippen molar-refractivity contribution in [2.24, 2.45) is 0 Å². The average Bonchev–Trinajstić information content (AvgIpc) is 3.40. The highest BCUT2D eigenvalue weighted by Crippen LogP contribution is 2.51. The van der Waals surface area contributed by atoms with E-state index in [1.165, 1.54) is 93.9 Å². The molecule has 1 heteroatoms. The van der Waals surface area contributed by atoms with Gasteiger partial charge < -0.3 is 0 Å². The Morgan fingerprint density at radius 3 is 1.17 bits per heavy atom. The third kappa shape index (κ3) is 6.95. The number of fused-ring (bicyclic) bond motifs is 3. The minimum absolute atomic E-state index is 0.974. The van der Waals surface area contributed by atoms with Gasteiger partial charge in [0.25, 0.3) is 0 Å². The molecule has 0 N–H and O–H groups in total. The number of para-hydroxylation sites is 1. The fourth-order valence-electron chi connectivity index (χ4n) is 10.1. The lowest BCUT2D eigenvalue weighted by Crippen LogP contribution is -1.98. The smallest absolute Gasteiger partial charge is 0.0709 e. The zero-order valence-electron chi connectivity index (χ0n) is 36.3. The topological polar surface area (TPSA) is 12.9 Å². The van der Waals surface area contributed by atoms with Crippen LogP contribution in [0, 0.1) is 0 Å². The van der Waals surface area contributed by atoms with Crippen LogP contribution in [0.25, 0.3) is 122 Å². The van der Waals surface area contributed by atoms with E-state index in [9.17, 15) is 0 Å². The van der Waals surface area contributed by atoms with Gasteiger partial charge in [0.05, 0.1) is 11.2 Å². The molecule has 0 unspecified atom stereocenters. The molecular weight excluding hydrogens is 795 g/mol. The van der Waals surface area contributed by atoms with Crippen molar-refractivity contribution in [2.75, 3.05) is 0 Å². The summed E-state index contributed by atoms with van der Waals surface area (Å²) in [4.78, 5) is 5.00. The first-order chi connectivity index (χ1) is 32.8. The maximum atomic E-state index is 5.00. The Kier molecular flexibility index (Phi) is 9.93. The van der Waals surface area contributed by atoms with Gasteiger partial charge in [0, 0.05) is 10.9 Å². The summed E-state index contributed by atoms with van der Waals surface area (Å²) in [6.45, 7) is 0. The van der Waals surface area contributed by atoms with E-state index in [-0.39, 0.29) is 0 Å². The van der Waals surface area contributed by atoms with Crippen LogP contribution in [0.5, 0.6) is 0 Å². The second-order valence-corrected chi connectivity index (χ2v) is 16.9. The van der Waals surface area contributed by atoms with Crippen molar-refractivity contribution in [3.05, 3.63) is 261 Å². The SMILES string of the molecule is c1ccc(-c2cc(-c3cccc(-c4c5ccccc5c(-c5ccc(-c6ccc7ccccc7n6)cc5)c5ccccc45)c3)c(-c3ccccc3)c(-c3ccccc3)c2-c2ccccc2)cc1. The Morgan fingerprint density at radius 2 is 0.606 bits per heavy atom. The summed E-state index contributed by atoms with van der Waals surface area (Å²) >= 11 is 0. The minimum Gasteiger partial charge on any atom is -0.248 e. The molecule has 0 saturated heterocycles. The molecule has 0 aliphatic carbocycles. The highest BCUT2D eigenvalue weighted by Gasteiger charge is 2.24. The fraction of sp³-hybridized carbons (Fsp3) is 0.